The first-order chi connectivity index (χ1) is 23.2. The molecule has 3 N–H and O–H groups in total. The zero-order valence-electron chi connectivity index (χ0n) is 27.8. The van der Waals surface area contributed by atoms with Crippen molar-refractivity contribution in [2.75, 3.05) is 58.3 Å². The number of amides is 2. The second-order valence-corrected chi connectivity index (χ2v) is 12.7. The predicted molar refractivity (Wildman–Crippen MR) is 189 cm³/mol. The van der Waals surface area contributed by atoms with Crippen LogP contribution in [-0.4, -0.2) is 97.9 Å². The van der Waals surface area contributed by atoms with E-state index in [1.165, 1.54) is 11.9 Å². The van der Waals surface area contributed by atoms with Gasteiger partial charge in [0.25, 0.3) is 0 Å². The molecule has 0 radical (unpaired) electrons. The van der Waals surface area contributed by atoms with Crippen molar-refractivity contribution in [3.63, 3.8) is 0 Å². The number of aryl methyl sites for hydroxylation is 1. The van der Waals surface area contributed by atoms with Crippen molar-refractivity contribution in [1.82, 2.24) is 14.8 Å². The zero-order chi connectivity index (χ0) is 33.8. The number of hydrogen-bond donors (Lipinski definition) is 2. The van der Waals surface area contributed by atoms with E-state index in [1.54, 1.807) is 26.3 Å². The standard InChI is InChI=1S/C37H42N8O3/c1-25-7-12-29(21-30(25)34(38)31-5-4-6-32(42-31)48-3)45-20-16-37(36(45)47)15-19-43(23-37)22-33(46)44-17-13-27(14-18-44)26-8-10-28(11-9-26)35(39)41-24-40-2/h4-13,21,24,38H,14-20,22-23H2,1-3H3,(H2,39,40,41)/t37-/m0/s1. The molecule has 0 saturated carbocycles. The quantitative estimate of drug-likeness (QED) is 0.267. The number of carbonyl (C=O) groups is 2. The van der Waals surface area contributed by atoms with E-state index < -0.39 is 5.41 Å². The number of likely N-dealkylation sites (tertiary alicyclic amines) is 1. The number of carbonyl (C=O) groups excluding carboxylic acids is 2. The first-order valence-corrected chi connectivity index (χ1v) is 16.3. The summed E-state index contributed by atoms with van der Waals surface area (Å²) in [5.41, 5.74) is 11.9. The Hall–Kier alpha value is -5.16. The Morgan fingerprint density at radius 3 is 2.62 bits per heavy atom. The molecule has 1 spiro atoms. The molecule has 1 atom stereocenters. The summed E-state index contributed by atoms with van der Waals surface area (Å²) in [6, 6.07) is 19.2. The molecular formula is C37H42N8O3. The number of pyridine rings is 1. The van der Waals surface area contributed by atoms with Gasteiger partial charge in [-0.1, -0.05) is 42.5 Å². The summed E-state index contributed by atoms with van der Waals surface area (Å²) >= 11 is 0. The van der Waals surface area contributed by atoms with Crippen molar-refractivity contribution in [3.8, 4) is 5.88 Å². The highest BCUT2D eigenvalue weighted by Crippen LogP contribution is 2.42. The summed E-state index contributed by atoms with van der Waals surface area (Å²) in [7, 11) is 3.20. The van der Waals surface area contributed by atoms with Gasteiger partial charge in [0.1, 0.15) is 12.2 Å². The predicted octanol–water partition coefficient (Wildman–Crippen LogP) is 3.92. The van der Waals surface area contributed by atoms with Gasteiger partial charge >= 0.3 is 0 Å². The number of ether oxygens (including phenoxy) is 1. The smallest absolute Gasteiger partial charge is 0.237 e. The minimum Gasteiger partial charge on any atom is -0.481 e. The van der Waals surface area contributed by atoms with Gasteiger partial charge in [-0.15, -0.1) is 0 Å². The van der Waals surface area contributed by atoms with Crippen LogP contribution in [-0.2, 0) is 9.59 Å². The number of aliphatic imine (C=N–C) groups is 2. The SMILES string of the molecule is CN=CN=C(N)c1ccc(C2=CCN(C(=O)CN3CC[C@]4(CCN(c5ccc(C)c(C(=N)c6cccc(OC)n6)c5)C4=O)C3)CC2)cc1. The van der Waals surface area contributed by atoms with Crippen LogP contribution in [0.25, 0.3) is 5.57 Å². The largest absolute Gasteiger partial charge is 0.481 e. The molecule has 2 saturated heterocycles. The molecule has 3 aromatic rings. The average molecular weight is 647 g/mol. The van der Waals surface area contributed by atoms with E-state index in [2.05, 4.69) is 25.9 Å². The van der Waals surface area contributed by atoms with Crippen LogP contribution < -0.4 is 15.4 Å². The van der Waals surface area contributed by atoms with Crippen LogP contribution in [0.15, 0.2) is 76.7 Å². The molecule has 48 heavy (non-hydrogen) atoms. The number of nitrogens with zero attached hydrogens (tertiary/aromatic N) is 6. The highest BCUT2D eigenvalue weighted by Gasteiger charge is 2.51. The Bertz CT molecular complexity index is 1820. The molecule has 0 bridgehead atoms. The summed E-state index contributed by atoms with van der Waals surface area (Å²) in [6.07, 6.45) is 5.81. The lowest BCUT2D eigenvalue weighted by molar-refractivity contribution is -0.132. The van der Waals surface area contributed by atoms with Crippen LogP contribution in [0.3, 0.4) is 0 Å². The summed E-state index contributed by atoms with van der Waals surface area (Å²) in [4.78, 5) is 45.6. The van der Waals surface area contributed by atoms with E-state index in [0.29, 0.717) is 56.7 Å². The van der Waals surface area contributed by atoms with Crippen molar-refractivity contribution in [3.05, 3.63) is 94.7 Å². The van der Waals surface area contributed by atoms with E-state index in [4.69, 9.17) is 15.9 Å². The molecule has 2 fully saturated rings. The Balaban J connectivity index is 1.06. The molecule has 248 valence electrons. The average Bonchev–Trinajstić information content (AvgIpc) is 3.68. The normalized spacial score (nSPS) is 20.2. The van der Waals surface area contributed by atoms with Gasteiger partial charge in [-0.25, -0.2) is 9.98 Å². The van der Waals surface area contributed by atoms with Crippen LogP contribution in [0.5, 0.6) is 5.88 Å². The fourth-order valence-electron chi connectivity index (χ4n) is 6.89. The maximum Gasteiger partial charge on any atom is 0.237 e. The van der Waals surface area contributed by atoms with E-state index >= 15 is 0 Å². The maximum absolute atomic E-state index is 14.0. The fourth-order valence-corrected chi connectivity index (χ4v) is 6.89. The highest BCUT2D eigenvalue weighted by atomic mass is 16.5. The molecule has 6 rings (SSSR count). The second-order valence-electron chi connectivity index (χ2n) is 12.7. The summed E-state index contributed by atoms with van der Waals surface area (Å²) in [6.45, 7) is 5.40. The molecule has 3 aliphatic heterocycles. The monoisotopic (exact) mass is 646 g/mol. The number of hydrogen-bond acceptors (Lipinski definition) is 7. The first kappa shape index (κ1) is 32.8. The van der Waals surface area contributed by atoms with E-state index in [0.717, 1.165) is 47.2 Å². The summed E-state index contributed by atoms with van der Waals surface area (Å²) in [5, 5.41) is 8.85. The molecule has 11 heteroatoms. The molecule has 1 aromatic heterocycles. The molecule has 11 nitrogen and oxygen atoms in total. The van der Waals surface area contributed by atoms with Gasteiger partial charge in [0, 0.05) is 56.1 Å². The number of nitrogens with two attached hydrogens (primary N) is 1. The molecule has 2 amide bonds. The van der Waals surface area contributed by atoms with Crippen LogP contribution >= 0.6 is 0 Å². The second kappa shape index (κ2) is 13.9. The molecule has 4 heterocycles. The highest BCUT2D eigenvalue weighted by molar-refractivity contribution is 6.11. The molecule has 0 unspecified atom stereocenters. The number of amidine groups is 1. The van der Waals surface area contributed by atoms with E-state index in [1.807, 2.05) is 65.3 Å². The Labute approximate surface area is 281 Å². The van der Waals surface area contributed by atoms with Gasteiger partial charge in [-0.2, -0.15) is 0 Å². The topological polar surface area (TPSA) is 141 Å². The first-order valence-electron chi connectivity index (χ1n) is 16.3. The van der Waals surface area contributed by atoms with Gasteiger partial charge in [-0.05, 0) is 67.6 Å². The number of nitrogens with one attached hydrogen (secondary N) is 1. The number of rotatable bonds is 9. The maximum atomic E-state index is 14.0. The third kappa shape index (κ3) is 6.64. The lowest BCUT2D eigenvalue weighted by atomic mass is 9.85. The van der Waals surface area contributed by atoms with Crippen molar-refractivity contribution in [1.29, 1.82) is 5.41 Å². The third-order valence-corrected chi connectivity index (χ3v) is 9.72. The van der Waals surface area contributed by atoms with Crippen LogP contribution in [0.1, 0.15) is 47.2 Å². The van der Waals surface area contributed by atoms with Crippen LogP contribution in [0.4, 0.5) is 5.69 Å². The van der Waals surface area contributed by atoms with E-state index in [-0.39, 0.29) is 17.5 Å². The van der Waals surface area contributed by atoms with E-state index in [9.17, 15) is 9.59 Å². The number of benzene rings is 2. The Kier molecular flexibility index (Phi) is 9.49. The van der Waals surface area contributed by atoms with Crippen molar-refractivity contribution in [2.24, 2.45) is 21.1 Å². The minimum absolute atomic E-state index is 0.0921. The number of anilines is 1. The minimum atomic E-state index is -0.494. The molecule has 3 aliphatic rings. The lowest BCUT2D eigenvalue weighted by Gasteiger charge is -2.29. The van der Waals surface area contributed by atoms with Gasteiger partial charge < -0.3 is 20.3 Å². The third-order valence-electron chi connectivity index (χ3n) is 9.72. The Morgan fingerprint density at radius 1 is 1.10 bits per heavy atom. The van der Waals surface area contributed by atoms with Gasteiger partial charge in [0.05, 0.1) is 30.5 Å². The van der Waals surface area contributed by atoms with Crippen molar-refractivity contribution < 1.29 is 14.3 Å². The fraction of sp³-hybridized carbons (Fsp3) is 0.351. The van der Waals surface area contributed by atoms with Gasteiger partial charge in [0.2, 0.25) is 17.7 Å². The molecule has 2 aromatic carbocycles. The molecule has 0 aliphatic carbocycles. The Morgan fingerprint density at radius 2 is 1.90 bits per heavy atom. The number of methoxy groups -OCH3 is 1. The molecular weight excluding hydrogens is 604 g/mol. The van der Waals surface area contributed by atoms with Crippen LogP contribution in [0, 0.1) is 17.7 Å². The van der Waals surface area contributed by atoms with Gasteiger partial charge in [0.15, 0.2) is 0 Å². The lowest BCUT2D eigenvalue weighted by Crippen LogP contribution is -2.43. The summed E-state index contributed by atoms with van der Waals surface area (Å²) in [5.74, 6) is 1.06. The number of aromatic nitrogens is 1. The summed E-state index contributed by atoms with van der Waals surface area (Å²) < 4.78 is 5.25. The van der Waals surface area contributed by atoms with Crippen molar-refractivity contribution >= 4 is 41.0 Å². The van der Waals surface area contributed by atoms with Crippen molar-refractivity contribution in [2.45, 2.75) is 26.2 Å². The zero-order valence-corrected chi connectivity index (χ0v) is 27.8. The van der Waals surface area contributed by atoms with Crippen LogP contribution in [0.2, 0.25) is 0 Å². The van der Waals surface area contributed by atoms with Gasteiger partial charge in [-0.3, -0.25) is 24.9 Å².